The number of phenols is 2. The molecule has 0 fully saturated rings. The van der Waals surface area contributed by atoms with Crippen molar-refractivity contribution in [2.45, 2.75) is 0 Å². The maximum Gasteiger partial charge on any atom is 0.271 e. The van der Waals surface area contributed by atoms with Gasteiger partial charge in [0.05, 0.1) is 29.9 Å². The van der Waals surface area contributed by atoms with E-state index in [0.29, 0.717) is 39.3 Å². The van der Waals surface area contributed by atoms with Gasteiger partial charge in [-0.15, -0.1) is 0 Å². The maximum absolute atomic E-state index is 12.4. The van der Waals surface area contributed by atoms with Crippen LogP contribution in [0.5, 0.6) is 17.2 Å². The molecule has 0 unspecified atom stereocenters. The average molecular weight is 402 g/mol. The summed E-state index contributed by atoms with van der Waals surface area (Å²) in [7, 11) is 1.45. The first-order valence-corrected chi connectivity index (χ1v) is 9.03. The van der Waals surface area contributed by atoms with Gasteiger partial charge in [-0.05, 0) is 54.1 Å². The van der Waals surface area contributed by atoms with Gasteiger partial charge < -0.3 is 19.9 Å². The van der Waals surface area contributed by atoms with Gasteiger partial charge in [0.25, 0.3) is 5.91 Å². The number of aromatic amines is 1. The van der Waals surface area contributed by atoms with Crippen molar-refractivity contribution in [1.29, 1.82) is 0 Å². The third-order valence-corrected chi connectivity index (χ3v) is 4.49. The molecule has 0 bridgehead atoms. The standard InChI is InChI=1S/C22H18N4O4/c1-30-20-10-13(6-9-19(20)28)12-23-26-22(29)14-7-8-16-17(11-14)25-21(24-16)15-4-2-3-5-18(15)27/h2-12,27-28H,1H3,(H,24,25)(H,26,29)/b23-12+. The zero-order chi connectivity index (χ0) is 21.1. The van der Waals surface area contributed by atoms with Gasteiger partial charge in [0.2, 0.25) is 0 Å². The minimum absolute atomic E-state index is 0.0229. The van der Waals surface area contributed by atoms with Crippen LogP contribution in [0.3, 0.4) is 0 Å². The number of H-pyrrole nitrogens is 1. The zero-order valence-corrected chi connectivity index (χ0v) is 16.0. The molecule has 150 valence electrons. The lowest BCUT2D eigenvalue weighted by Crippen LogP contribution is -2.17. The second kappa shape index (κ2) is 7.96. The molecule has 1 aromatic heterocycles. The van der Waals surface area contributed by atoms with Crippen molar-refractivity contribution in [2.24, 2.45) is 5.10 Å². The number of benzene rings is 3. The average Bonchev–Trinajstić information content (AvgIpc) is 3.18. The number of methoxy groups -OCH3 is 1. The van der Waals surface area contributed by atoms with E-state index in [9.17, 15) is 15.0 Å². The van der Waals surface area contributed by atoms with E-state index in [1.54, 1.807) is 48.5 Å². The number of ether oxygens (including phenoxy) is 1. The van der Waals surface area contributed by atoms with Crippen LogP contribution in [-0.2, 0) is 0 Å². The summed E-state index contributed by atoms with van der Waals surface area (Å²) in [6.45, 7) is 0. The van der Waals surface area contributed by atoms with Crippen LogP contribution in [0.1, 0.15) is 15.9 Å². The number of hydrazone groups is 1. The van der Waals surface area contributed by atoms with E-state index in [2.05, 4.69) is 20.5 Å². The number of carbonyl (C=O) groups is 1. The van der Waals surface area contributed by atoms with Crippen LogP contribution < -0.4 is 10.2 Å². The monoisotopic (exact) mass is 402 g/mol. The number of fused-ring (bicyclic) bond motifs is 1. The number of hydrogen-bond donors (Lipinski definition) is 4. The highest BCUT2D eigenvalue weighted by Crippen LogP contribution is 2.28. The Morgan fingerprint density at radius 1 is 1.10 bits per heavy atom. The second-order valence-corrected chi connectivity index (χ2v) is 6.46. The summed E-state index contributed by atoms with van der Waals surface area (Å²) in [6, 6.07) is 16.6. The Labute approximate surface area is 171 Å². The molecule has 8 heteroatoms. The van der Waals surface area contributed by atoms with Gasteiger partial charge in [0, 0.05) is 5.56 Å². The zero-order valence-electron chi connectivity index (χ0n) is 16.0. The van der Waals surface area contributed by atoms with Crippen molar-refractivity contribution in [3.05, 3.63) is 71.8 Å². The van der Waals surface area contributed by atoms with E-state index in [-0.39, 0.29) is 11.5 Å². The van der Waals surface area contributed by atoms with Crippen molar-refractivity contribution < 1.29 is 19.7 Å². The summed E-state index contributed by atoms with van der Waals surface area (Å²) in [5.74, 6) is 0.581. The molecule has 0 aliphatic carbocycles. The lowest BCUT2D eigenvalue weighted by atomic mass is 10.2. The van der Waals surface area contributed by atoms with E-state index >= 15 is 0 Å². The molecule has 4 N–H and O–H groups in total. The van der Waals surface area contributed by atoms with Gasteiger partial charge in [-0.3, -0.25) is 4.79 Å². The minimum atomic E-state index is -0.391. The van der Waals surface area contributed by atoms with Gasteiger partial charge in [0.15, 0.2) is 11.5 Å². The lowest BCUT2D eigenvalue weighted by molar-refractivity contribution is 0.0955. The summed E-state index contributed by atoms with van der Waals surface area (Å²) in [4.78, 5) is 20.0. The Kier molecular flexibility index (Phi) is 5.04. The predicted octanol–water partition coefficient (Wildman–Crippen LogP) is 3.41. The molecule has 4 rings (SSSR count). The van der Waals surface area contributed by atoms with Crippen molar-refractivity contribution in [3.8, 4) is 28.6 Å². The van der Waals surface area contributed by atoms with Gasteiger partial charge >= 0.3 is 0 Å². The quantitative estimate of drug-likeness (QED) is 0.301. The lowest BCUT2D eigenvalue weighted by Gasteiger charge is -2.03. The fourth-order valence-corrected chi connectivity index (χ4v) is 2.96. The van der Waals surface area contributed by atoms with E-state index in [4.69, 9.17) is 4.74 Å². The van der Waals surface area contributed by atoms with Crippen LogP contribution in [-0.4, -0.2) is 39.4 Å². The largest absolute Gasteiger partial charge is 0.507 e. The number of phenolic OH excluding ortho intramolecular Hbond substituents is 2. The third-order valence-electron chi connectivity index (χ3n) is 4.49. The van der Waals surface area contributed by atoms with Gasteiger partial charge in [-0.2, -0.15) is 5.10 Å². The molecular formula is C22H18N4O4. The van der Waals surface area contributed by atoms with Crippen LogP contribution in [0.4, 0.5) is 0 Å². The minimum Gasteiger partial charge on any atom is -0.507 e. The Balaban J connectivity index is 1.51. The number of hydrogen-bond acceptors (Lipinski definition) is 6. The highest BCUT2D eigenvalue weighted by Gasteiger charge is 2.11. The van der Waals surface area contributed by atoms with Crippen molar-refractivity contribution in [2.75, 3.05) is 7.11 Å². The normalized spacial score (nSPS) is 11.1. The van der Waals surface area contributed by atoms with Crippen molar-refractivity contribution in [1.82, 2.24) is 15.4 Å². The summed E-state index contributed by atoms with van der Waals surface area (Å²) in [6.07, 6.45) is 1.45. The molecule has 0 atom stereocenters. The Morgan fingerprint density at radius 3 is 2.73 bits per heavy atom. The van der Waals surface area contributed by atoms with Gasteiger partial charge in [0.1, 0.15) is 11.6 Å². The number of carbonyl (C=O) groups excluding carboxylic acids is 1. The smallest absolute Gasteiger partial charge is 0.271 e. The van der Waals surface area contributed by atoms with Crippen LogP contribution in [0, 0.1) is 0 Å². The Hall–Kier alpha value is -4.33. The molecule has 0 spiro atoms. The number of nitrogens with one attached hydrogen (secondary N) is 2. The number of aromatic nitrogens is 2. The predicted molar refractivity (Wildman–Crippen MR) is 113 cm³/mol. The molecule has 0 aliphatic rings. The molecule has 0 saturated heterocycles. The number of amides is 1. The molecular weight excluding hydrogens is 384 g/mol. The van der Waals surface area contributed by atoms with Crippen molar-refractivity contribution in [3.63, 3.8) is 0 Å². The molecule has 0 saturated carbocycles. The number of imidazole rings is 1. The van der Waals surface area contributed by atoms with Crippen LogP contribution in [0.2, 0.25) is 0 Å². The highest BCUT2D eigenvalue weighted by atomic mass is 16.5. The number of nitrogens with zero attached hydrogens (tertiary/aromatic N) is 2. The fraction of sp³-hybridized carbons (Fsp3) is 0.0455. The molecule has 8 nitrogen and oxygen atoms in total. The number of aromatic hydroxyl groups is 2. The molecule has 30 heavy (non-hydrogen) atoms. The summed E-state index contributed by atoms with van der Waals surface area (Å²) >= 11 is 0. The molecule has 3 aromatic carbocycles. The van der Waals surface area contributed by atoms with E-state index in [0.717, 1.165) is 0 Å². The first-order chi connectivity index (χ1) is 14.5. The van der Waals surface area contributed by atoms with Gasteiger partial charge in [-0.25, -0.2) is 10.4 Å². The molecule has 0 radical (unpaired) electrons. The summed E-state index contributed by atoms with van der Waals surface area (Å²) < 4.78 is 5.04. The molecule has 0 aliphatic heterocycles. The highest BCUT2D eigenvalue weighted by molar-refractivity contribution is 5.98. The second-order valence-electron chi connectivity index (χ2n) is 6.46. The topological polar surface area (TPSA) is 120 Å². The number of rotatable bonds is 5. The maximum atomic E-state index is 12.4. The van der Waals surface area contributed by atoms with Crippen LogP contribution in [0.15, 0.2) is 65.8 Å². The molecule has 1 amide bonds. The summed E-state index contributed by atoms with van der Waals surface area (Å²) in [5, 5.41) is 23.6. The molecule has 1 heterocycles. The fourth-order valence-electron chi connectivity index (χ4n) is 2.96. The van der Waals surface area contributed by atoms with Crippen LogP contribution in [0.25, 0.3) is 22.4 Å². The first-order valence-electron chi connectivity index (χ1n) is 9.03. The summed E-state index contributed by atoms with van der Waals surface area (Å²) in [5.41, 5.74) is 5.43. The SMILES string of the molecule is COc1cc(/C=N/NC(=O)c2ccc3nc(-c4ccccc4O)[nH]c3c2)ccc1O. The van der Waals surface area contributed by atoms with Crippen LogP contribution >= 0.6 is 0 Å². The first kappa shape index (κ1) is 19.0. The van der Waals surface area contributed by atoms with E-state index in [1.807, 2.05) is 6.07 Å². The van der Waals surface area contributed by atoms with E-state index in [1.165, 1.54) is 19.4 Å². The van der Waals surface area contributed by atoms with E-state index < -0.39 is 5.91 Å². The van der Waals surface area contributed by atoms with Gasteiger partial charge in [-0.1, -0.05) is 12.1 Å². The van der Waals surface area contributed by atoms with Crippen molar-refractivity contribution >= 4 is 23.2 Å². The number of para-hydroxylation sites is 1. The molecule has 4 aromatic rings. The Bertz CT molecular complexity index is 1260. The Morgan fingerprint density at radius 2 is 1.93 bits per heavy atom. The third kappa shape index (κ3) is 3.79.